The van der Waals surface area contributed by atoms with E-state index in [1.54, 1.807) is 12.1 Å². The minimum absolute atomic E-state index is 0.148. The van der Waals surface area contributed by atoms with E-state index < -0.39 is 0 Å². The average molecular weight is 227 g/mol. The zero-order chi connectivity index (χ0) is 11.3. The summed E-state index contributed by atoms with van der Waals surface area (Å²) in [6.45, 7) is 4.35. The number of urea groups is 1. The largest absolute Gasteiger partial charge is 0.336 e. The lowest BCUT2D eigenvalue weighted by atomic mass is 10.2. The van der Waals surface area contributed by atoms with Crippen molar-refractivity contribution in [1.82, 2.24) is 10.6 Å². The van der Waals surface area contributed by atoms with Gasteiger partial charge in [0.25, 0.3) is 0 Å². The summed E-state index contributed by atoms with van der Waals surface area (Å²) >= 11 is 5.74. The van der Waals surface area contributed by atoms with Gasteiger partial charge in [-0.05, 0) is 31.5 Å². The van der Waals surface area contributed by atoms with Gasteiger partial charge in [-0.3, -0.25) is 0 Å². The molecule has 0 heterocycles. The van der Waals surface area contributed by atoms with E-state index in [1.807, 2.05) is 26.0 Å². The van der Waals surface area contributed by atoms with Crippen molar-refractivity contribution in [3.05, 3.63) is 34.9 Å². The predicted octanol–water partition coefficient (Wildman–Crippen LogP) is 2.55. The lowest BCUT2D eigenvalue weighted by molar-refractivity contribution is 0.238. The number of hydrogen-bond donors (Lipinski definition) is 2. The summed E-state index contributed by atoms with van der Waals surface area (Å²) in [5.41, 5.74) is 1.03. The normalized spacial score (nSPS) is 10.1. The minimum atomic E-state index is -0.153. The van der Waals surface area contributed by atoms with Gasteiger partial charge in [0.1, 0.15) is 0 Å². The zero-order valence-electron chi connectivity index (χ0n) is 8.88. The Morgan fingerprint density at radius 3 is 2.47 bits per heavy atom. The summed E-state index contributed by atoms with van der Waals surface area (Å²) in [6.07, 6.45) is 0. The van der Waals surface area contributed by atoms with E-state index in [9.17, 15) is 4.79 Å². The van der Waals surface area contributed by atoms with Crippen molar-refractivity contribution in [3.63, 3.8) is 0 Å². The predicted molar refractivity (Wildman–Crippen MR) is 62.0 cm³/mol. The molecule has 3 nitrogen and oxygen atoms in total. The number of amides is 2. The molecule has 15 heavy (non-hydrogen) atoms. The highest BCUT2D eigenvalue weighted by Crippen LogP contribution is 2.08. The Labute approximate surface area is 94.8 Å². The van der Waals surface area contributed by atoms with Crippen molar-refractivity contribution < 1.29 is 4.79 Å². The van der Waals surface area contributed by atoms with Crippen LogP contribution in [0.25, 0.3) is 0 Å². The van der Waals surface area contributed by atoms with E-state index in [1.165, 1.54) is 0 Å². The van der Waals surface area contributed by atoms with Gasteiger partial charge < -0.3 is 10.6 Å². The fourth-order valence-electron chi connectivity index (χ4n) is 1.10. The number of nitrogens with one attached hydrogen (secondary N) is 2. The zero-order valence-corrected chi connectivity index (χ0v) is 9.64. The van der Waals surface area contributed by atoms with Crippen LogP contribution in [-0.4, -0.2) is 12.1 Å². The van der Waals surface area contributed by atoms with Crippen LogP contribution >= 0.6 is 11.6 Å². The SMILES string of the molecule is CC(C)NC(=O)NCc1ccc(Cl)cc1. The van der Waals surface area contributed by atoms with E-state index in [-0.39, 0.29) is 12.1 Å². The maximum Gasteiger partial charge on any atom is 0.315 e. The summed E-state index contributed by atoms with van der Waals surface area (Å²) in [4.78, 5) is 11.2. The first-order valence-electron chi connectivity index (χ1n) is 4.86. The Morgan fingerprint density at radius 2 is 1.93 bits per heavy atom. The molecule has 2 N–H and O–H groups in total. The molecule has 82 valence electrons. The minimum Gasteiger partial charge on any atom is -0.336 e. The van der Waals surface area contributed by atoms with Crippen LogP contribution in [0.15, 0.2) is 24.3 Å². The van der Waals surface area contributed by atoms with Crippen LogP contribution in [0.5, 0.6) is 0 Å². The quantitative estimate of drug-likeness (QED) is 0.817. The Balaban J connectivity index is 2.37. The van der Waals surface area contributed by atoms with Crippen molar-refractivity contribution in [1.29, 1.82) is 0 Å². The number of hydrogen-bond acceptors (Lipinski definition) is 1. The van der Waals surface area contributed by atoms with Crippen molar-refractivity contribution in [2.75, 3.05) is 0 Å². The number of benzene rings is 1. The van der Waals surface area contributed by atoms with Gasteiger partial charge >= 0.3 is 6.03 Å². The highest BCUT2D eigenvalue weighted by Gasteiger charge is 2.01. The summed E-state index contributed by atoms with van der Waals surface area (Å²) in [5.74, 6) is 0. The smallest absolute Gasteiger partial charge is 0.315 e. The molecule has 0 radical (unpaired) electrons. The van der Waals surface area contributed by atoms with E-state index in [0.29, 0.717) is 11.6 Å². The molecule has 1 rings (SSSR count). The van der Waals surface area contributed by atoms with E-state index in [2.05, 4.69) is 10.6 Å². The third-order valence-electron chi connectivity index (χ3n) is 1.79. The van der Waals surface area contributed by atoms with Crippen molar-refractivity contribution in [3.8, 4) is 0 Å². The van der Waals surface area contributed by atoms with Crippen LogP contribution in [0.2, 0.25) is 5.02 Å². The number of halogens is 1. The van der Waals surface area contributed by atoms with E-state index in [4.69, 9.17) is 11.6 Å². The van der Waals surface area contributed by atoms with Crippen LogP contribution in [-0.2, 0) is 6.54 Å². The molecule has 0 aromatic heterocycles. The topological polar surface area (TPSA) is 41.1 Å². The van der Waals surface area contributed by atoms with Gasteiger partial charge in [0, 0.05) is 17.6 Å². The maximum atomic E-state index is 11.2. The molecule has 0 atom stereocenters. The summed E-state index contributed by atoms with van der Waals surface area (Å²) in [5, 5.41) is 6.20. The van der Waals surface area contributed by atoms with Crippen molar-refractivity contribution >= 4 is 17.6 Å². The molecule has 0 aliphatic heterocycles. The van der Waals surface area contributed by atoms with Crippen LogP contribution in [0.4, 0.5) is 4.79 Å². The Hall–Kier alpha value is -1.22. The monoisotopic (exact) mass is 226 g/mol. The Bertz CT molecular complexity index is 322. The van der Waals surface area contributed by atoms with Crippen LogP contribution in [0.1, 0.15) is 19.4 Å². The molecular formula is C11H15ClN2O. The molecular weight excluding hydrogens is 212 g/mol. The Kier molecular flexibility index (Phi) is 4.43. The fraction of sp³-hybridized carbons (Fsp3) is 0.364. The third-order valence-corrected chi connectivity index (χ3v) is 2.04. The van der Waals surface area contributed by atoms with Gasteiger partial charge in [-0.25, -0.2) is 4.79 Å². The highest BCUT2D eigenvalue weighted by molar-refractivity contribution is 6.30. The van der Waals surface area contributed by atoms with Crippen LogP contribution in [0.3, 0.4) is 0 Å². The van der Waals surface area contributed by atoms with Gasteiger partial charge in [-0.1, -0.05) is 23.7 Å². The lowest BCUT2D eigenvalue weighted by Crippen LogP contribution is -2.38. The average Bonchev–Trinajstić information content (AvgIpc) is 2.16. The van der Waals surface area contributed by atoms with Crippen LogP contribution in [0, 0.1) is 0 Å². The molecule has 0 fully saturated rings. The molecule has 2 amide bonds. The molecule has 0 bridgehead atoms. The molecule has 0 aliphatic carbocycles. The fourth-order valence-corrected chi connectivity index (χ4v) is 1.22. The molecule has 0 aliphatic rings. The van der Waals surface area contributed by atoms with Gasteiger partial charge in [0.2, 0.25) is 0 Å². The third kappa shape index (κ3) is 4.70. The first-order valence-corrected chi connectivity index (χ1v) is 5.24. The second-order valence-electron chi connectivity index (χ2n) is 3.61. The number of carbonyl (C=O) groups excluding carboxylic acids is 1. The molecule has 4 heteroatoms. The van der Waals surface area contributed by atoms with E-state index in [0.717, 1.165) is 5.56 Å². The molecule has 0 unspecified atom stereocenters. The molecule has 0 spiro atoms. The molecule has 1 aromatic rings. The van der Waals surface area contributed by atoms with Gasteiger partial charge in [0.05, 0.1) is 0 Å². The maximum absolute atomic E-state index is 11.2. The lowest BCUT2D eigenvalue weighted by Gasteiger charge is -2.09. The molecule has 0 saturated carbocycles. The number of rotatable bonds is 3. The van der Waals surface area contributed by atoms with Gasteiger partial charge in [-0.15, -0.1) is 0 Å². The van der Waals surface area contributed by atoms with Gasteiger partial charge in [-0.2, -0.15) is 0 Å². The van der Waals surface area contributed by atoms with Gasteiger partial charge in [0.15, 0.2) is 0 Å². The number of carbonyl (C=O) groups is 1. The second-order valence-corrected chi connectivity index (χ2v) is 4.04. The summed E-state index contributed by atoms with van der Waals surface area (Å²) in [6, 6.07) is 7.38. The first-order chi connectivity index (χ1) is 7.08. The van der Waals surface area contributed by atoms with Crippen LogP contribution < -0.4 is 10.6 Å². The first kappa shape index (κ1) is 11.9. The van der Waals surface area contributed by atoms with E-state index >= 15 is 0 Å². The molecule has 0 saturated heterocycles. The highest BCUT2D eigenvalue weighted by atomic mass is 35.5. The standard InChI is InChI=1S/C11H15ClN2O/c1-8(2)14-11(15)13-7-9-3-5-10(12)6-4-9/h3-6,8H,7H2,1-2H3,(H2,13,14,15). The summed E-state index contributed by atoms with van der Waals surface area (Å²) in [7, 11) is 0. The Morgan fingerprint density at radius 1 is 1.33 bits per heavy atom. The van der Waals surface area contributed by atoms with Crippen molar-refractivity contribution in [2.45, 2.75) is 26.4 Å². The molecule has 1 aromatic carbocycles. The second kappa shape index (κ2) is 5.61. The summed E-state index contributed by atoms with van der Waals surface area (Å²) < 4.78 is 0. The van der Waals surface area contributed by atoms with Crippen molar-refractivity contribution in [2.24, 2.45) is 0 Å².